The third kappa shape index (κ3) is 3.46. The van der Waals surface area contributed by atoms with Gasteiger partial charge in [0.2, 0.25) is 0 Å². The van der Waals surface area contributed by atoms with Crippen molar-refractivity contribution in [1.82, 2.24) is 10.3 Å². The van der Waals surface area contributed by atoms with E-state index in [1.54, 1.807) is 35.6 Å². The summed E-state index contributed by atoms with van der Waals surface area (Å²) >= 11 is 1.56. The molecule has 1 heterocycles. The minimum atomic E-state index is -0.259. The number of carbonyl (C=O) groups excluding carboxylic acids is 1. The van der Waals surface area contributed by atoms with Crippen LogP contribution >= 0.6 is 11.3 Å². The molecule has 1 aromatic heterocycles. The van der Waals surface area contributed by atoms with E-state index in [0.717, 1.165) is 10.7 Å². The Balaban J connectivity index is 1.83. The topological polar surface area (TPSA) is 80.0 Å². The second-order valence-corrected chi connectivity index (χ2v) is 4.85. The Kier molecular flexibility index (Phi) is 3.78. The zero-order valence-electron chi connectivity index (χ0n) is 9.93. The maximum absolute atomic E-state index is 11.6. The van der Waals surface area contributed by atoms with Gasteiger partial charge in [0.05, 0.1) is 17.2 Å². The van der Waals surface area contributed by atoms with Gasteiger partial charge in [0, 0.05) is 16.8 Å². The second kappa shape index (κ2) is 5.50. The van der Waals surface area contributed by atoms with Crippen molar-refractivity contribution in [1.29, 1.82) is 0 Å². The fraction of sp³-hybridized carbons (Fsp3) is 0.167. The number of urea groups is 1. The Bertz CT molecular complexity index is 535. The van der Waals surface area contributed by atoms with Crippen molar-refractivity contribution in [3.05, 3.63) is 40.3 Å². The lowest BCUT2D eigenvalue weighted by molar-refractivity contribution is 0.251. The molecule has 0 atom stereocenters. The fourth-order valence-corrected chi connectivity index (χ4v) is 2.01. The molecule has 2 rings (SSSR count). The third-order valence-electron chi connectivity index (χ3n) is 2.27. The fourth-order valence-electron chi connectivity index (χ4n) is 1.40. The first-order valence-electron chi connectivity index (χ1n) is 5.45. The highest BCUT2D eigenvalue weighted by Gasteiger charge is 2.03. The van der Waals surface area contributed by atoms with Crippen LogP contribution in [0.2, 0.25) is 0 Å². The van der Waals surface area contributed by atoms with E-state index in [2.05, 4.69) is 15.6 Å². The van der Waals surface area contributed by atoms with Crippen LogP contribution < -0.4 is 16.4 Å². The number of aryl methyl sites for hydroxylation is 1. The molecule has 6 heteroatoms. The molecule has 0 fully saturated rings. The summed E-state index contributed by atoms with van der Waals surface area (Å²) in [7, 11) is 0. The summed E-state index contributed by atoms with van der Waals surface area (Å²) in [4.78, 5) is 15.9. The summed E-state index contributed by atoms with van der Waals surface area (Å²) in [6, 6.07) is 6.72. The first kappa shape index (κ1) is 12.4. The molecule has 2 amide bonds. The van der Waals surface area contributed by atoms with Crippen LogP contribution in [0.3, 0.4) is 0 Å². The van der Waals surface area contributed by atoms with E-state index < -0.39 is 0 Å². The number of aromatic nitrogens is 1. The molecule has 0 aliphatic heterocycles. The van der Waals surface area contributed by atoms with E-state index in [1.165, 1.54) is 0 Å². The van der Waals surface area contributed by atoms with E-state index >= 15 is 0 Å². The molecule has 0 aliphatic rings. The number of amides is 2. The minimum absolute atomic E-state index is 0.259. The number of nitrogen functional groups attached to an aromatic ring is 1. The molecule has 2 aromatic rings. The molecule has 5 nitrogen and oxygen atoms in total. The van der Waals surface area contributed by atoms with Gasteiger partial charge in [0.1, 0.15) is 0 Å². The number of nitrogens with one attached hydrogen (secondary N) is 2. The summed E-state index contributed by atoms with van der Waals surface area (Å²) in [6.45, 7) is 2.35. The average Bonchev–Trinajstić information content (AvgIpc) is 2.76. The predicted octanol–water partition coefficient (Wildman–Crippen LogP) is 2.36. The van der Waals surface area contributed by atoms with Crippen molar-refractivity contribution < 1.29 is 4.79 Å². The molecule has 0 saturated carbocycles. The Morgan fingerprint density at radius 3 is 2.72 bits per heavy atom. The molecule has 0 radical (unpaired) electrons. The van der Waals surface area contributed by atoms with Gasteiger partial charge in [0.25, 0.3) is 0 Å². The number of rotatable bonds is 3. The summed E-state index contributed by atoms with van der Waals surface area (Å²) in [5.41, 5.74) is 7.80. The first-order valence-corrected chi connectivity index (χ1v) is 6.33. The molecule has 0 unspecified atom stereocenters. The molecule has 0 spiro atoms. The first-order chi connectivity index (χ1) is 8.63. The van der Waals surface area contributed by atoms with Crippen LogP contribution in [0.25, 0.3) is 0 Å². The molecule has 0 saturated heterocycles. The van der Waals surface area contributed by atoms with Crippen LogP contribution in [0, 0.1) is 6.92 Å². The zero-order chi connectivity index (χ0) is 13.0. The molecule has 0 aliphatic carbocycles. The van der Waals surface area contributed by atoms with E-state index in [9.17, 15) is 4.79 Å². The third-order valence-corrected chi connectivity index (χ3v) is 3.09. The van der Waals surface area contributed by atoms with E-state index in [0.29, 0.717) is 17.9 Å². The van der Waals surface area contributed by atoms with Gasteiger partial charge in [-0.2, -0.15) is 0 Å². The van der Waals surface area contributed by atoms with Crippen LogP contribution in [0.4, 0.5) is 16.2 Å². The molecule has 18 heavy (non-hydrogen) atoms. The van der Waals surface area contributed by atoms with E-state index in [1.807, 2.05) is 12.3 Å². The lowest BCUT2D eigenvalue weighted by Crippen LogP contribution is -2.28. The van der Waals surface area contributed by atoms with Gasteiger partial charge in [-0.05, 0) is 31.2 Å². The van der Waals surface area contributed by atoms with Gasteiger partial charge in [-0.25, -0.2) is 9.78 Å². The molecule has 94 valence electrons. The maximum Gasteiger partial charge on any atom is 0.319 e. The van der Waals surface area contributed by atoms with Crippen molar-refractivity contribution in [3.63, 3.8) is 0 Å². The van der Waals surface area contributed by atoms with Gasteiger partial charge >= 0.3 is 6.03 Å². The summed E-state index contributed by atoms with van der Waals surface area (Å²) in [6.07, 6.45) is 0. The van der Waals surface area contributed by atoms with Crippen LogP contribution in [0.15, 0.2) is 29.6 Å². The number of nitrogens with zero attached hydrogens (tertiary/aromatic N) is 1. The zero-order valence-corrected chi connectivity index (χ0v) is 10.8. The smallest absolute Gasteiger partial charge is 0.319 e. The van der Waals surface area contributed by atoms with Crippen molar-refractivity contribution >= 4 is 28.7 Å². The standard InChI is InChI=1S/C12H14N4OS/c1-8-15-11(7-18-8)6-14-12(17)16-10-4-2-9(13)3-5-10/h2-5,7H,6,13H2,1H3,(H2,14,16,17). The van der Waals surface area contributed by atoms with Crippen molar-refractivity contribution in [2.24, 2.45) is 0 Å². The number of benzene rings is 1. The number of thiazole rings is 1. The minimum Gasteiger partial charge on any atom is -0.399 e. The number of nitrogens with two attached hydrogens (primary N) is 1. The Morgan fingerprint density at radius 2 is 2.11 bits per heavy atom. The van der Waals surface area contributed by atoms with Crippen molar-refractivity contribution in [3.8, 4) is 0 Å². The monoisotopic (exact) mass is 262 g/mol. The van der Waals surface area contributed by atoms with Gasteiger partial charge in [-0.15, -0.1) is 11.3 Å². The normalized spacial score (nSPS) is 10.1. The van der Waals surface area contributed by atoms with Crippen molar-refractivity contribution in [2.45, 2.75) is 13.5 Å². The predicted molar refractivity (Wildman–Crippen MR) is 73.6 cm³/mol. The van der Waals surface area contributed by atoms with Gasteiger partial charge in [-0.1, -0.05) is 0 Å². The molecule has 4 N–H and O–H groups in total. The average molecular weight is 262 g/mol. The Labute approximate surface area is 109 Å². The highest BCUT2D eigenvalue weighted by molar-refractivity contribution is 7.09. The lowest BCUT2D eigenvalue weighted by Gasteiger charge is -2.06. The highest BCUT2D eigenvalue weighted by Crippen LogP contribution is 2.10. The summed E-state index contributed by atoms with van der Waals surface area (Å²) < 4.78 is 0. The molecular formula is C12H14N4OS. The van der Waals surface area contributed by atoms with E-state index in [4.69, 9.17) is 5.73 Å². The van der Waals surface area contributed by atoms with Crippen LogP contribution in [0.1, 0.15) is 10.7 Å². The molecule has 1 aromatic carbocycles. The van der Waals surface area contributed by atoms with Gasteiger partial charge < -0.3 is 16.4 Å². The summed E-state index contributed by atoms with van der Waals surface area (Å²) in [5.74, 6) is 0. The van der Waals surface area contributed by atoms with E-state index in [-0.39, 0.29) is 6.03 Å². The highest BCUT2D eigenvalue weighted by atomic mass is 32.1. The quantitative estimate of drug-likeness (QED) is 0.743. The maximum atomic E-state index is 11.6. The van der Waals surface area contributed by atoms with Crippen LogP contribution in [-0.2, 0) is 6.54 Å². The number of hydrogen-bond acceptors (Lipinski definition) is 4. The molecular weight excluding hydrogens is 248 g/mol. The number of hydrogen-bond donors (Lipinski definition) is 3. The van der Waals surface area contributed by atoms with Gasteiger partial charge in [0.15, 0.2) is 0 Å². The number of anilines is 2. The Hall–Kier alpha value is -2.08. The van der Waals surface area contributed by atoms with Crippen LogP contribution in [-0.4, -0.2) is 11.0 Å². The second-order valence-electron chi connectivity index (χ2n) is 3.79. The number of carbonyl (C=O) groups is 1. The largest absolute Gasteiger partial charge is 0.399 e. The SMILES string of the molecule is Cc1nc(CNC(=O)Nc2ccc(N)cc2)cs1. The van der Waals surface area contributed by atoms with Gasteiger partial charge in [-0.3, -0.25) is 0 Å². The summed E-state index contributed by atoms with van der Waals surface area (Å²) in [5, 5.41) is 8.38. The van der Waals surface area contributed by atoms with Crippen molar-refractivity contribution in [2.75, 3.05) is 11.1 Å². The van der Waals surface area contributed by atoms with Crippen LogP contribution in [0.5, 0.6) is 0 Å². The molecule has 0 bridgehead atoms. The Morgan fingerprint density at radius 1 is 1.39 bits per heavy atom. The lowest BCUT2D eigenvalue weighted by atomic mass is 10.3.